The average molecular weight is 312 g/mol. The smallest absolute Gasteiger partial charge is 0.240 e. The van der Waals surface area contributed by atoms with E-state index in [1.807, 2.05) is 13.2 Å². The van der Waals surface area contributed by atoms with Crippen LogP contribution in [0.5, 0.6) is 0 Å². The van der Waals surface area contributed by atoms with Crippen LogP contribution in [0, 0.1) is 13.8 Å². The second kappa shape index (κ2) is 6.69. The van der Waals surface area contributed by atoms with Gasteiger partial charge in [0, 0.05) is 4.88 Å². The number of rotatable bonds is 6. The van der Waals surface area contributed by atoms with Crippen LogP contribution in [-0.4, -0.2) is 33.3 Å². The molecule has 0 bridgehead atoms. The van der Waals surface area contributed by atoms with Crippen molar-refractivity contribution < 1.29 is 4.52 Å². The third kappa shape index (κ3) is 3.59. The molecule has 2 aromatic heterocycles. The van der Waals surface area contributed by atoms with E-state index in [0.717, 1.165) is 22.3 Å². The summed E-state index contributed by atoms with van der Waals surface area (Å²) in [5, 5.41) is 5.07. The number of aromatic nitrogens is 3. The van der Waals surface area contributed by atoms with Crippen molar-refractivity contribution in [3.63, 3.8) is 0 Å². The molecule has 5 nitrogen and oxygen atoms in total. The van der Waals surface area contributed by atoms with Crippen LogP contribution in [0.2, 0.25) is 0 Å². The molecule has 0 aliphatic heterocycles. The van der Waals surface area contributed by atoms with Crippen molar-refractivity contribution in [1.82, 2.24) is 20.0 Å². The Morgan fingerprint density at radius 3 is 2.70 bits per heavy atom. The Bertz CT molecular complexity index is 566. The van der Waals surface area contributed by atoms with Crippen LogP contribution in [0.4, 0.5) is 0 Å². The fourth-order valence-corrected chi connectivity index (χ4v) is 3.32. The molecule has 110 valence electrons. The molecule has 0 radical (unpaired) electrons. The Kier molecular flexibility index (Phi) is 5.17. The lowest BCUT2D eigenvalue weighted by Crippen LogP contribution is -2.23. The van der Waals surface area contributed by atoms with Gasteiger partial charge in [-0.15, -0.1) is 11.3 Å². The first-order chi connectivity index (χ1) is 9.51. The molecule has 0 saturated heterocycles. The minimum absolute atomic E-state index is 0.232. The second-order valence-corrected chi connectivity index (χ2v) is 7.08. The van der Waals surface area contributed by atoms with Crippen LogP contribution >= 0.6 is 23.1 Å². The SMILES string of the molecule is CSCc1noc(CN(C)[C@@H](C)c2nc(C)sc2C)n1. The van der Waals surface area contributed by atoms with Gasteiger partial charge in [-0.2, -0.15) is 16.7 Å². The molecule has 20 heavy (non-hydrogen) atoms. The molecular formula is C13H20N4OS2. The third-order valence-corrected chi connectivity index (χ3v) is 4.61. The van der Waals surface area contributed by atoms with Crippen LogP contribution < -0.4 is 0 Å². The van der Waals surface area contributed by atoms with E-state index in [1.165, 1.54) is 4.88 Å². The largest absolute Gasteiger partial charge is 0.338 e. The highest BCUT2D eigenvalue weighted by atomic mass is 32.2. The van der Waals surface area contributed by atoms with E-state index in [2.05, 4.69) is 40.9 Å². The molecule has 1 atom stereocenters. The number of thioether (sulfide) groups is 1. The van der Waals surface area contributed by atoms with E-state index < -0.39 is 0 Å². The van der Waals surface area contributed by atoms with Crippen molar-refractivity contribution in [3.8, 4) is 0 Å². The molecule has 0 amide bonds. The number of hydrogen-bond acceptors (Lipinski definition) is 7. The fraction of sp³-hybridized carbons (Fsp3) is 0.615. The van der Waals surface area contributed by atoms with E-state index in [-0.39, 0.29) is 6.04 Å². The summed E-state index contributed by atoms with van der Waals surface area (Å²) in [4.78, 5) is 12.5. The van der Waals surface area contributed by atoms with Gasteiger partial charge in [0.15, 0.2) is 5.82 Å². The van der Waals surface area contributed by atoms with Gasteiger partial charge >= 0.3 is 0 Å². The first kappa shape index (κ1) is 15.5. The molecule has 0 saturated carbocycles. The fourth-order valence-electron chi connectivity index (χ4n) is 2.03. The predicted molar refractivity (Wildman–Crippen MR) is 83.0 cm³/mol. The highest BCUT2D eigenvalue weighted by molar-refractivity contribution is 7.97. The molecule has 0 unspecified atom stereocenters. The highest BCUT2D eigenvalue weighted by Gasteiger charge is 2.19. The van der Waals surface area contributed by atoms with Gasteiger partial charge in [0.2, 0.25) is 5.89 Å². The van der Waals surface area contributed by atoms with Gasteiger partial charge in [0.1, 0.15) is 0 Å². The van der Waals surface area contributed by atoms with Crippen LogP contribution in [0.3, 0.4) is 0 Å². The van der Waals surface area contributed by atoms with E-state index in [4.69, 9.17) is 4.52 Å². The maximum Gasteiger partial charge on any atom is 0.240 e. The van der Waals surface area contributed by atoms with Crippen molar-refractivity contribution in [2.24, 2.45) is 0 Å². The van der Waals surface area contributed by atoms with E-state index in [1.54, 1.807) is 23.1 Å². The molecule has 0 fully saturated rings. The number of nitrogens with zero attached hydrogens (tertiary/aromatic N) is 4. The summed E-state index contributed by atoms with van der Waals surface area (Å²) >= 11 is 3.43. The highest BCUT2D eigenvalue weighted by Crippen LogP contribution is 2.26. The quantitative estimate of drug-likeness (QED) is 0.816. The molecule has 0 aliphatic carbocycles. The number of hydrogen-bond donors (Lipinski definition) is 0. The molecule has 2 heterocycles. The van der Waals surface area contributed by atoms with Crippen LogP contribution in [0.1, 0.15) is 40.3 Å². The van der Waals surface area contributed by atoms with Gasteiger partial charge in [-0.3, -0.25) is 4.90 Å². The minimum atomic E-state index is 0.232. The van der Waals surface area contributed by atoms with Crippen molar-refractivity contribution >= 4 is 23.1 Å². The average Bonchev–Trinajstić information content (AvgIpc) is 2.95. The summed E-state index contributed by atoms with van der Waals surface area (Å²) in [6, 6.07) is 0.232. The Morgan fingerprint density at radius 1 is 1.35 bits per heavy atom. The van der Waals surface area contributed by atoms with Crippen molar-refractivity contribution in [1.29, 1.82) is 0 Å². The Hall–Kier alpha value is -0.920. The van der Waals surface area contributed by atoms with Gasteiger partial charge in [0.05, 0.1) is 29.0 Å². The topological polar surface area (TPSA) is 55.1 Å². The lowest BCUT2D eigenvalue weighted by Gasteiger charge is -2.22. The Labute approximate surface area is 127 Å². The van der Waals surface area contributed by atoms with Crippen LogP contribution in [-0.2, 0) is 12.3 Å². The third-order valence-electron chi connectivity index (χ3n) is 3.16. The summed E-state index contributed by atoms with van der Waals surface area (Å²) in [6.45, 7) is 6.95. The normalized spacial score (nSPS) is 13.1. The molecule has 2 aromatic rings. The molecule has 0 aliphatic rings. The summed E-state index contributed by atoms with van der Waals surface area (Å²) < 4.78 is 5.28. The molecule has 0 N–H and O–H groups in total. The zero-order chi connectivity index (χ0) is 14.7. The summed E-state index contributed by atoms with van der Waals surface area (Å²) in [6.07, 6.45) is 2.03. The maximum atomic E-state index is 5.28. The minimum Gasteiger partial charge on any atom is -0.338 e. The summed E-state index contributed by atoms with van der Waals surface area (Å²) in [5.74, 6) is 2.20. The lowest BCUT2D eigenvalue weighted by atomic mass is 10.2. The predicted octanol–water partition coefficient (Wildman–Crippen LogP) is 3.20. The zero-order valence-electron chi connectivity index (χ0n) is 12.5. The van der Waals surface area contributed by atoms with Crippen LogP contribution in [0.25, 0.3) is 0 Å². The van der Waals surface area contributed by atoms with Gasteiger partial charge in [-0.05, 0) is 34.1 Å². The van der Waals surface area contributed by atoms with Crippen molar-refractivity contribution in [3.05, 3.63) is 27.3 Å². The van der Waals surface area contributed by atoms with Gasteiger partial charge in [-0.25, -0.2) is 4.98 Å². The summed E-state index contributed by atoms with van der Waals surface area (Å²) in [5.41, 5.74) is 1.14. The van der Waals surface area contributed by atoms with Gasteiger partial charge in [0.25, 0.3) is 0 Å². The monoisotopic (exact) mass is 312 g/mol. The molecule has 2 rings (SSSR count). The number of aryl methyl sites for hydroxylation is 2. The second-order valence-electron chi connectivity index (χ2n) is 4.80. The van der Waals surface area contributed by atoms with Crippen LogP contribution in [0.15, 0.2) is 4.52 Å². The first-order valence-corrected chi connectivity index (χ1v) is 8.67. The Morgan fingerprint density at radius 2 is 2.10 bits per heavy atom. The van der Waals surface area contributed by atoms with E-state index in [9.17, 15) is 0 Å². The van der Waals surface area contributed by atoms with Gasteiger partial charge in [-0.1, -0.05) is 5.16 Å². The van der Waals surface area contributed by atoms with Crippen molar-refractivity contribution in [2.75, 3.05) is 13.3 Å². The molecule has 0 aromatic carbocycles. The number of thiazole rings is 1. The van der Waals surface area contributed by atoms with Crippen molar-refractivity contribution in [2.45, 2.75) is 39.1 Å². The molecular weight excluding hydrogens is 292 g/mol. The maximum absolute atomic E-state index is 5.28. The molecule has 0 spiro atoms. The molecule has 7 heteroatoms. The van der Waals surface area contributed by atoms with Gasteiger partial charge < -0.3 is 4.52 Å². The summed E-state index contributed by atoms with van der Waals surface area (Å²) in [7, 11) is 2.05. The standard InChI is InChI=1S/C13H20N4OS2/c1-8(13-9(2)20-10(3)14-13)17(4)6-12-15-11(7-19-5)16-18-12/h8H,6-7H2,1-5H3/t8-/m0/s1. The lowest BCUT2D eigenvalue weighted by molar-refractivity contribution is 0.213. The first-order valence-electron chi connectivity index (χ1n) is 6.45. The zero-order valence-corrected chi connectivity index (χ0v) is 14.1. The van der Waals surface area contributed by atoms with E-state index >= 15 is 0 Å². The Balaban J connectivity index is 2.03. The van der Waals surface area contributed by atoms with E-state index in [0.29, 0.717) is 12.4 Å².